The summed E-state index contributed by atoms with van der Waals surface area (Å²) in [4.78, 5) is 27.2. The number of carbonyl (C=O) groups excluding carboxylic acids is 2. The molecule has 2 saturated heterocycles. The van der Waals surface area contributed by atoms with Gasteiger partial charge in [0.2, 0.25) is 5.91 Å². The van der Waals surface area contributed by atoms with E-state index in [9.17, 15) is 9.59 Å². The molecule has 0 aliphatic carbocycles. The summed E-state index contributed by atoms with van der Waals surface area (Å²) in [6.07, 6.45) is 3.43. The third-order valence-corrected chi connectivity index (χ3v) is 4.14. The van der Waals surface area contributed by atoms with Gasteiger partial charge in [-0.1, -0.05) is 6.58 Å². The molecule has 0 unspecified atom stereocenters. The van der Waals surface area contributed by atoms with E-state index in [4.69, 9.17) is 0 Å². The molecular formula is C12H18N2O2S. The molecule has 0 spiro atoms. The van der Waals surface area contributed by atoms with E-state index in [-0.39, 0.29) is 11.8 Å². The zero-order valence-corrected chi connectivity index (χ0v) is 10.8. The van der Waals surface area contributed by atoms with Crippen LogP contribution in [0.25, 0.3) is 0 Å². The summed E-state index contributed by atoms with van der Waals surface area (Å²) in [5, 5.41) is 0. The molecule has 17 heavy (non-hydrogen) atoms. The number of hydrogen-bond donors (Lipinski definition) is 0. The molecule has 2 rings (SSSR count). The maximum Gasteiger partial charge on any atom is 0.276 e. The Balaban J connectivity index is 1.98. The van der Waals surface area contributed by atoms with Crippen molar-refractivity contribution in [1.29, 1.82) is 0 Å². The fourth-order valence-corrected chi connectivity index (χ4v) is 2.97. The quantitative estimate of drug-likeness (QED) is 0.692. The summed E-state index contributed by atoms with van der Waals surface area (Å²) in [6, 6.07) is 0. The minimum atomic E-state index is -0.197. The first-order chi connectivity index (χ1) is 8.20. The SMILES string of the molecule is C=C(C(=O)N1CCSCC1=O)N1CCCCC1. The van der Waals surface area contributed by atoms with Crippen LogP contribution in [-0.2, 0) is 9.59 Å². The smallest absolute Gasteiger partial charge is 0.276 e. The monoisotopic (exact) mass is 254 g/mol. The summed E-state index contributed by atoms with van der Waals surface area (Å²) in [7, 11) is 0. The first kappa shape index (κ1) is 12.5. The Morgan fingerprint density at radius 2 is 1.88 bits per heavy atom. The molecule has 2 heterocycles. The van der Waals surface area contributed by atoms with Crippen molar-refractivity contribution in [2.75, 3.05) is 31.1 Å². The second kappa shape index (κ2) is 5.58. The van der Waals surface area contributed by atoms with E-state index in [1.165, 1.54) is 11.3 Å². The van der Waals surface area contributed by atoms with Gasteiger partial charge in [-0.15, -0.1) is 0 Å². The molecule has 0 N–H and O–H groups in total. The predicted octanol–water partition coefficient (Wildman–Crippen LogP) is 1.09. The number of amides is 2. The second-order valence-corrected chi connectivity index (χ2v) is 5.50. The number of piperidine rings is 1. The van der Waals surface area contributed by atoms with Gasteiger partial charge in [0.1, 0.15) is 0 Å². The van der Waals surface area contributed by atoms with E-state index >= 15 is 0 Å². The zero-order valence-electron chi connectivity index (χ0n) is 9.98. The average molecular weight is 254 g/mol. The van der Waals surface area contributed by atoms with Crippen LogP contribution < -0.4 is 0 Å². The van der Waals surface area contributed by atoms with Gasteiger partial charge in [0.05, 0.1) is 11.4 Å². The minimum Gasteiger partial charge on any atom is -0.368 e. The topological polar surface area (TPSA) is 40.6 Å². The number of thioether (sulfide) groups is 1. The Morgan fingerprint density at radius 3 is 2.53 bits per heavy atom. The van der Waals surface area contributed by atoms with Crippen molar-refractivity contribution in [3.05, 3.63) is 12.3 Å². The number of likely N-dealkylation sites (tertiary alicyclic amines) is 1. The molecule has 0 aromatic heterocycles. The van der Waals surface area contributed by atoms with E-state index in [0.29, 0.717) is 18.0 Å². The van der Waals surface area contributed by atoms with Crippen LogP contribution in [0.5, 0.6) is 0 Å². The highest BCUT2D eigenvalue weighted by Gasteiger charge is 2.28. The van der Waals surface area contributed by atoms with Crippen LogP contribution in [0, 0.1) is 0 Å². The number of hydrogen-bond acceptors (Lipinski definition) is 4. The van der Waals surface area contributed by atoms with Gasteiger partial charge in [0, 0.05) is 25.4 Å². The zero-order chi connectivity index (χ0) is 12.3. The average Bonchev–Trinajstić information content (AvgIpc) is 2.39. The molecule has 0 bridgehead atoms. The third kappa shape index (κ3) is 2.83. The standard InChI is InChI=1S/C12H18N2O2S/c1-10(13-5-3-2-4-6-13)12(16)14-7-8-17-9-11(14)15/h1-9H2. The Morgan fingerprint density at radius 1 is 1.18 bits per heavy atom. The summed E-state index contributed by atoms with van der Waals surface area (Å²) < 4.78 is 0. The van der Waals surface area contributed by atoms with Gasteiger partial charge in [0.15, 0.2) is 0 Å². The lowest BCUT2D eigenvalue weighted by Crippen LogP contribution is -2.46. The Hall–Kier alpha value is -0.970. The van der Waals surface area contributed by atoms with E-state index < -0.39 is 0 Å². The summed E-state index contributed by atoms with van der Waals surface area (Å²) in [5.41, 5.74) is 0.491. The lowest BCUT2D eigenvalue weighted by molar-refractivity contribution is -0.141. The van der Waals surface area contributed by atoms with Crippen LogP contribution in [0.1, 0.15) is 19.3 Å². The highest BCUT2D eigenvalue weighted by atomic mass is 32.2. The molecule has 0 aromatic carbocycles. The summed E-state index contributed by atoms with van der Waals surface area (Å²) in [6.45, 7) is 6.17. The van der Waals surface area contributed by atoms with Crippen LogP contribution in [-0.4, -0.2) is 52.8 Å². The van der Waals surface area contributed by atoms with Gasteiger partial charge >= 0.3 is 0 Å². The molecule has 5 heteroatoms. The number of nitrogens with zero attached hydrogens (tertiary/aromatic N) is 2. The molecule has 94 valence electrons. The van der Waals surface area contributed by atoms with Crippen molar-refractivity contribution in [3.8, 4) is 0 Å². The molecule has 0 saturated carbocycles. The Labute approximate surface area is 106 Å². The first-order valence-corrected chi connectivity index (χ1v) is 7.22. The first-order valence-electron chi connectivity index (χ1n) is 6.06. The van der Waals surface area contributed by atoms with Crippen LogP contribution in [0.2, 0.25) is 0 Å². The fourth-order valence-electron chi connectivity index (χ4n) is 2.19. The molecule has 0 aromatic rings. The molecule has 2 aliphatic rings. The predicted molar refractivity (Wildman–Crippen MR) is 68.6 cm³/mol. The van der Waals surface area contributed by atoms with E-state index in [2.05, 4.69) is 6.58 Å². The van der Waals surface area contributed by atoms with Crippen molar-refractivity contribution < 1.29 is 9.59 Å². The Kier molecular flexibility index (Phi) is 4.10. The maximum atomic E-state index is 12.2. The number of carbonyl (C=O) groups is 2. The lowest BCUT2D eigenvalue weighted by Gasteiger charge is -2.33. The van der Waals surface area contributed by atoms with Gasteiger partial charge in [-0.05, 0) is 19.3 Å². The molecule has 0 radical (unpaired) electrons. The van der Waals surface area contributed by atoms with E-state index in [1.54, 1.807) is 11.8 Å². The highest BCUT2D eigenvalue weighted by molar-refractivity contribution is 8.00. The van der Waals surface area contributed by atoms with Crippen LogP contribution in [0.3, 0.4) is 0 Å². The fraction of sp³-hybridized carbons (Fsp3) is 0.667. The van der Waals surface area contributed by atoms with E-state index in [1.807, 2.05) is 4.90 Å². The molecule has 2 aliphatic heterocycles. The van der Waals surface area contributed by atoms with Crippen molar-refractivity contribution in [2.45, 2.75) is 19.3 Å². The molecule has 0 atom stereocenters. The molecule has 4 nitrogen and oxygen atoms in total. The second-order valence-electron chi connectivity index (χ2n) is 4.40. The van der Waals surface area contributed by atoms with Crippen LogP contribution >= 0.6 is 11.8 Å². The highest BCUT2D eigenvalue weighted by Crippen LogP contribution is 2.18. The van der Waals surface area contributed by atoms with Crippen molar-refractivity contribution in [2.24, 2.45) is 0 Å². The molecular weight excluding hydrogens is 236 g/mol. The van der Waals surface area contributed by atoms with Gasteiger partial charge in [0.25, 0.3) is 5.91 Å². The minimum absolute atomic E-state index is 0.0793. The van der Waals surface area contributed by atoms with Crippen molar-refractivity contribution >= 4 is 23.6 Å². The largest absolute Gasteiger partial charge is 0.368 e. The van der Waals surface area contributed by atoms with Crippen LogP contribution in [0.15, 0.2) is 12.3 Å². The number of rotatable bonds is 2. The summed E-state index contributed by atoms with van der Waals surface area (Å²) >= 11 is 1.58. The van der Waals surface area contributed by atoms with Gasteiger partial charge in [-0.3, -0.25) is 14.5 Å². The molecule has 2 amide bonds. The normalized spacial score (nSPS) is 21.5. The lowest BCUT2D eigenvalue weighted by atomic mass is 10.1. The van der Waals surface area contributed by atoms with E-state index in [0.717, 1.165) is 31.7 Å². The summed E-state index contributed by atoms with van der Waals surface area (Å²) in [5.74, 6) is 0.977. The van der Waals surface area contributed by atoms with Gasteiger partial charge in [-0.2, -0.15) is 11.8 Å². The number of imide groups is 1. The third-order valence-electron chi connectivity index (χ3n) is 3.22. The van der Waals surface area contributed by atoms with Crippen molar-refractivity contribution in [3.63, 3.8) is 0 Å². The Bertz CT molecular complexity index is 337. The van der Waals surface area contributed by atoms with Gasteiger partial charge in [-0.25, -0.2) is 0 Å². The molecule has 2 fully saturated rings. The van der Waals surface area contributed by atoms with Crippen LogP contribution in [0.4, 0.5) is 0 Å². The van der Waals surface area contributed by atoms with Crippen molar-refractivity contribution in [1.82, 2.24) is 9.80 Å². The maximum absolute atomic E-state index is 12.2. The van der Waals surface area contributed by atoms with Gasteiger partial charge < -0.3 is 4.90 Å².